The molecule has 1 aromatic heterocycles. The van der Waals surface area contributed by atoms with E-state index in [1.165, 1.54) is 42.6 Å². The molecule has 10 heteroatoms. The molecule has 1 aliphatic rings. The lowest BCUT2D eigenvalue weighted by Crippen LogP contribution is -2.37. The number of anilines is 1. The van der Waals surface area contributed by atoms with Crippen molar-refractivity contribution < 1.29 is 23.9 Å². The fourth-order valence-corrected chi connectivity index (χ4v) is 4.52. The molecule has 1 atom stereocenters. The van der Waals surface area contributed by atoms with Crippen LogP contribution >= 0.6 is 11.3 Å². The molecule has 0 spiro atoms. The molecular weight excluding hydrogens is 422 g/mol. The SMILES string of the molecule is COc1cc(C(=O)N(CC2CCCO2)c2nc3ccccc3s2)c([N+](=O)[O-])cc1OC. The summed E-state index contributed by atoms with van der Waals surface area (Å²) < 4.78 is 17.1. The van der Waals surface area contributed by atoms with Crippen molar-refractivity contribution in [2.24, 2.45) is 0 Å². The third-order valence-electron chi connectivity index (χ3n) is 5.10. The smallest absolute Gasteiger partial charge is 0.286 e. The van der Waals surface area contributed by atoms with E-state index in [-0.39, 0.29) is 35.4 Å². The lowest BCUT2D eigenvalue weighted by Gasteiger charge is -2.23. The van der Waals surface area contributed by atoms with Crippen molar-refractivity contribution >= 4 is 38.3 Å². The van der Waals surface area contributed by atoms with Crippen LogP contribution in [0.4, 0.5) is 10.8 Å². The summed E-state index contributed by atoms with van der Waals surface area (Å²) in [5, 5.41) is 12.2. The number of nitrogens with zero attached hydrogens (tertiary/aromatic N) is 3. The molecular formula is C21H21N3O6S. The summed E-state index contributed by atoms with van der Waals surface area (Å²) in [6.07, 6.45) is 1.56. The van der Waals surface area contributed by atoms with Gasteiger partial charge in [-0.2, -0.15) is 0 Å². The summed E-state index contributed by atoms with van der Waals surface area (Å²) in [6.45, 7) is 0.882. The van der Waals surface area contributed by atoms with Crippen molar-refractivity contribution in [3.05, 3.63) is 52.1 Å². The predicted octanol–water partition coefficient (Wildman–Crippen LogP) is 4.05. The Bertz CT molecular complexity index is 1090. The number of hydrogen-bond donors (Lipinski definition) is 0. The minimum absolute atomic E-state index is 0.0973. The topological polar surface area (TPSA) is 104 Å². The second-order valence-corrected chi connectivity index (χ2v) is 8.01. The van der Waals surface area contributed by atoms with Crippen molar-refractivity contribution in [3.63, 3.8) is 0 Å². The zero-order valence-corrected chi connectivity index (χ0v) is 17.9. The van der Waals surface area contributed by atoms with Crippen LogP contribution in [0.1, 0.15) is 23.2 Å². The number of aromatic nitrogens is 1. The first-order chi connectivity index (χ1) is 15.0. The van der Waals surface area contributed by atoms with Crippen LogP contribution in [-0.2, 0) is 4.74 Å². The molecule has 1 saturated heterocycles. The third kappa shape index (κ3) is 4.17. The maximum atomic E-state index is 13.6. The lowest BCUT2D eigenvalue weighted by atomic mass is 10.1. The average Bonchev–Trinajstić information content (AvgIpc) is 3.45. The average molecular weight is 443 g/mol. The van der Waals surface area contributed by atoms with Gasteiger partial charge in [-0.25, -0.2) is 4.98 Å². The molecule has 9 nitrogen and oxygen atoms in total. The standard InChI is InChI=1S/C21H21N3O6S/c1-28-17-10-14(16(24(26)27)11-18(17)29-2)20(25)23(12-13-6-5-9-30-13)21-22-15-7-3-4-8-19(15)31-21/h3-4,7-8,10-11,13H,5-6,9,12H2,1-2H3. The maximum absolute atomic E-state index is 13.6. The van der Waals surface area contributed by atoms with Crippen molar-refractivity contribution in [3.8, 4) is 11.5 Å². The van der Waals surface area contributed by atoms with Crippen LogP contribution in [0.5, 0.6) is 11.5 Å². The van der Waals surface area contributed by atoms with E-state index in [4.69, 9.17) is 14.2 Å². The summed E-state index contributed by atoms with van der Waals surface area (Å²) >= 11 is 1.36. The highest BCUT2D eigenvalue weighted by atomic mass is 32.1. The number of hydrogen-bond acceptors (Lipinski definition) is 8. The van der Waals surface area contributed by atoms with Crippen molar-refractivity contribution in [2.75, 3.05) is 32.3 Å². The van der Waals surface area contributed by atoms with Crippen LogP contribution in [0.25, 0.3) is 10.2 Å². The Balaban J connectivity index is 1.80. The summed E-state index contributed by atoms with van der Waals surface area (Å²) in [4.78, 5) is 30.8. The Labute approximate surface area is 182 Å². The van der Waals surface area contributed by atoms with Crippen molar-refractivity contribution in [2.45, 2.75) is 18.9 Å². The predicted molar refractivity (Wildman–Crippen MR) is 116 cm³/mol. The molecule has 2 aromatic carbocycles. The highest BCUT2D eigenvalue weighted by Crippen LogP contribution is 2.37. The van der Waals surface area contributed by atoms with E-state index in [1.54, 1.807) is 0 Å². The number of amides is 1. The maximum Gasteiger partial charge on any atom is 0.286 e. The first-order valence-electron chi connectivity index (χ1n) is 9.71. The van der Waals surface area contributed by atoms with Crippen LogP contribution in [0, 0.1) is 10.1 Å². The zero-order chi connectivity index (χ0) is 22.0. The summed E-state index contributed by atoms with van der Waals surface area (Å²) in [5.74, 6) is -0.128. The van der Waals surface area contributed by atoms with E-state index < -0.39 is 10.8 Å². The number of nitro benzene ring substituents is 1. The Morgan fingerprint density at radius 2 is 2.03 bits per heavy atom. The van der Waals surface area contributed by atoms with E-state index in [0.717, 1.165) is 23.1 Å². The number of benzene rings is 2. The molecule has 162 valence electrons. The van der Waals surface area contributed by atoms with Crippen LogP contribution in [0.15, 0.2) is 36.4 Å². The Hall–Kier alpha value is -3.24. The second-order valence-electron chi connectivity index (χ2n) is 7.00. The van der Waals surface area contributed by atoms with E-state index in [1.807, 2.05) is 24.3 Å². The first kappa shape index (κ1) is 21.0. The van der Waals surface area contributed by atoms with E-state index >= 15 is 0 Å². The van der Waals surface area contributed by atoms with Gasteiger partial charge >= 0.3 is 0 Å². The van der Waals surface area contributed by atoms with Gasteiger partial charge < -0.3 is 14.2 Å². The van der Waals surface area contributed by atoms with Gasteiger partial charge in [0.2, 0.25) is 0 Å². The largest absolute Gasteiger partial charge is 0.493 e. The Morgan fingerprint density at radius 1 is 1.29 bits per heavy atom. The van der Waals surface area contributed by atoms with E-state index in [2.05, 4.69) is 4.98 Å². The number of thiazole rings is 1. The van der Waals surface area contributed by atoms with Gasteiger partial charge in [0, 0.05) is 12.7 Å². The van der Waals surface area contributed by atoms with Gasteiger partial charge in [-0.05, 0) is 25.0 Å². The number of carbonyl (C=O) groups is 1. The minimum Gasteiger partial charge on any atom is -0.493 e. The molecule has 0 bridgehead atoms. The molecule has 0 radical (unpaired) electrons. The number of nitro groups is 1. The van der Waals surface area contributed by atoms with Gasteiger partial charge in [0.1, 0.15) is 5.56 Å². The number of para-hydroxylation sites is 1. The Kier molecular flexibility index (Phi) is 6.01. The summed E-state index contributed by atoms with van der Waals surface area (Å²) in [5.41, 5.74) is 0.301. The number of rotatable bonds is 7. The molecule has 3 aromatic rings. The monoisotopic (exact) mass is 443 g/mol. The fraction of sp³-hybridized carbons (Fsp3) is 0.333. The number of ether oxygens (including phenoxy) is 3. The van der Waals surface area contributed by atoms with Crippen LogP contribution < -0.4 is 14.4 Å². The molecule has 0 N–H and O–H groups in total. The first-order valence-corrected chi connectivity index (χ1v) is 10.5. The highest BCUT2D eigenvalue weighted by Gasteiger charge is 2.32. The molecule has 0 saturated carbocycles. The number of fused-ring (bicyclic) bond motifs is 1. The summed E-state index contributed by atoms with van der Waals surface area (Å²) in [6, 6.07) is 10.1. The fourth-order valence-electron chi connectivity index (χ4n) is 3.55. The van der Waals surface area contributed by atoms with Crippen LogP contribution in [-0.4, -0.2) is 49.3 Å². The Morgan fingerprint density at radius 3 is 2.68 bits per heavy atom. The minimum atomic E-state index is -0.599. The molecule has 0 aliphatic carbocycles. The number of carbonyl (C=O) groups excluding carboxylic acids is 1. The molecule has 4 rings (SSSR count). The molecule has 31 heavy (non-hydrogen) atoms. The third-order valence-corrected chi connectivity index (χ3v) is 6.16. The van der Waals surface area contributed by atoms with Crippen molar-refractivity contribution in [1.82, 2.24) is 4.98 Å². The molecule has 1 amide bonds. The number of methoxy groups -OCH3 is 2. The van der Waals surface area contributed by atoms with Crippen molar-refractivity contribution in [1.29, 1.82) is 0 Å². The van der Waals surface area contributed by atoms with Gasteiger partial charge in [0.05, 0.1) is 48.1 Å². The second kappa shape index (κ2) is 8.86. The molecule has 1 fully saturated rings. The molecule has 1 unspecified atom stereocenters. The van der Waals surface area contributed by atoms with Crippen LogP contribution in [0.3, 0.4) is 0 Å². The molecule has 1 aliphatic heterocycles. The van der Waals surface area contributed by atoms with Gasteiger partial charge in [0.25, 0.3) is 11.6 Å². The van der Waals surface area contributed by atoms with Gasteiger partial charge in [0.15, 0.2) is 16.6 Å². The zero-order valence-electron chi connectivity index (χ0n) is 17.1. The van der Waals surface area contributed by atoms with Gasteiger partial charge in [-0.3, -0.25) is 19.8 Å². The van der Waals surface area contributed by atoms with Gasteiger partial charge in [-0.15, -0.1) is 0 Å². The lowest BCUT2D eigenvalue weighted by molar-refractivity contribution is -0.385. The van der Waals surface area contributed by atoms with Gasteiger partial charge in [-0.1, -0.05) is 23.5 Å². The van der Waals surface area contributed by atoms with E-state index in [9.17, 15) is 14.9 Å². The normalized spacial score (nSPS) is 15.7. The quantitative estimate of drug-likeness (QED) is 0.401. The summed E-state index contributed by atoms with van der Waals surface area (Å²) in [7, 11) is 2.80. The molecule has 2 heterocycles. The highest BCUT2D eigenvalue weighted by molar-refractivity contribution is 7.22. The van der Waals surface area contributed by atoms with Crippen LogP contribution in [0.2, 0.25) is 0 Å². The van der Waals surface area contributed by atoms with E-state index in [0.29, 0.717) is 11.7 Å².